The van der Waals surface area contributed by atoms with Crippen molar-refractivity contribution in [2.45, 2.75) is 0 Å². The number of furan rings is 1. The van der Waals surface area contributed by atoms with E-state index in [9.17, 15) is 0 Å². The molecule has 0 unspecified atom stereocenters. The first-order valence-electron chi connectivity index (χ1n) is 19.1. The highest BCUT2D eigenvalue weighted by atomic mass is 16.3. The smallest absolute Gasteiger partial charge is 0.164 e. The van der Waals surface area contributed by atoms with Gasteiger partial charge in [0.25, 0.3) is 0 Å². The second kappa shape index (κ2) is 13.5. The highest BCUT2D eigenvalue weighted by Crippen LogP contribution is 2.43. The first kappa shape index (κ1) is 32.7. The number of para-hydroxylation sites is 2. The Labute approximate surface area is 328 Å². The van der Waals surface area contributed by atoms with Gasteiger partial charge in [-0.3, -0.25) is 0 Å². The fraction of sp³-hybridized carbons (Fsp3) is 0. The van der Waals surface area contributed by atoms with Crippen molar-refractivity contribution in [2.24, 2.45) is 0 Å². The number of hydrogen-bond acceptors (Lipinski definition) is 5. The largest absolute Gasteiger partial charge is 0.456 e. The number of rotatable bonds is 6. The maximum Gasteiger partial charge on any atom is 0.164 e. The lowest BCUT2D eigenvalue weighted by Crippen LogP contribution is -2.00. The van der Waals surface area contributed by atoms with E-state index in [1.54, 1.807) is 0 Å². The molecule has 0 saturated carbocycles. The summed E-state index contributed by atoms with van der Waals surface area (Å²) >= 11 is 0. The van der Waals surface area contributed by atoms with E-state index in [0.29, 0.717) is 17.5 Å². The standard InChI is InChI=1S/C52H32N4O/c1-4-14-34(15-5-1)48-43-30-31-45-47(41-22-10-11-25-44(41)57-45)46(43)42-24-13-23-40(49(42)53-48)39-21-12-20-38(32-39)33-26-28-37(29-27-33)52-55-50(35-16-6-2-7-17-35)54-51(56-52)36-18-8-3-9-19-36/h1-32H. The minimum atomic E-state index is 0.630. The highest BCUT2D eigenvalue weighted by molar-refractivity contribution is 6.29. The molecule has 0 aliphatic rings. The van der Waals surface area contributed by atoms with Crippen molar-refractivity contribution in [3.05, 3.63) is 194 Å². The molecule has 5 nitrogen and oxygen atoms in total. The number of benzene rings is 8. The first-order valence-corrected chi connectivity index (χ1v) is 19.1. The molecule has 0 aliphatic heterocycles. The van der Waals surface area contributed by atoms with Crippen molar-refractivity contribution < 1.29 is 4.42 Å². The summed E-state index contributed by atoms with van der Waals surface area (Å²) in [6.07, 6.45) is 0. The number of nitrogens with zero attached hydrogens (tertiary/aromatic N) is 4. The van der Waals surface area contributed by atoms with Gasteiger partial charge >= 0.3 is 0 Å². The van der Waals surface area contributed by atoms with E-state index in [1.807, 2.05) is 78.9 Å². The third-order valence-corrected chi connectivity index (χ3v) is 10.7. The van der Waals surface area contributed by atoms with E-state index >= 15 is 0 Å². The van der Waals surface area contributed by atoms with Gasteiger partial charge in [0.15, 0.2) is 17.5 Å². The Hall–Kier alpha value is -7.76. The molecule has 266 valence electrons. The second-order valence-corrected chi connectivity index (χ2v) is 14.2. The summed E-state index contributed by atoms with van der Waals surface area (Å²) in [7, 11) is 0. The van der Waals surface area contributed by atoms with Crippen molar-refractivity contribution in [2.75, 3.05) is 0 Å². The van der Waals surface area contributed by atoms with Crippen LogP contribution in [-0.4, -0.2) is 19.9 Å². The maximum absolute atomic E-state index is 6.39. The minimum absolute atomic E-state index is 0.630. The average molecular weight is 729 g/mol. The molecule has 0 N–H and O–H groups in total. The van der Waals surface area contributed by atoms with Gasteiger partial charge in [-0.25, -0.2) is 19.9 Å². The van der Waals surface area contributed by atoms with Crippen molar-refractivity contribution in [1.29, 1.82) is 0 Å². The minimum Gasteiger partial charge on any atom is -0.456 e. The Morgan fingerprint density at radius 3 is 1.51 bits per heavy atom. The highest BCUT2D eigenvalue weighted by Gasteiger charge is 2.19. The molecular weight excluding hydrogens is 697 g/mol. The predicted octanol–water partition coefficient (Wildman–Crippen LogP) is 13.5. The Kier molecular flexibility index (Phi) is 7.74. The lowest BCUT2D eigenvalue weighted by molar-refractivity contribution is 0.669. The number of fused-ring (bicyclic) bond motifs is 7. The van der Waals surface area contributed by atoms with Crippen LogP contribution in [0.15, 0.2) is 199 Å². The Morgan fingerprint density at radius 1 is 0.298 bits per heavy atom. The van der Waals surface area contributed by atoms with Gasteiger partial charge < -0.3 is 4.42 Å². The third-order valence-electron chi connectivity index (χ3n) is 10.7. The van der Waals surface area contributed by atoms with Gasteiger partial charge in [-0.05, 0) is 41.0 Å². The van der Waals surface area contributed by atoms with Crippen LogP contribution < -0.4 is 0 Å². The number of aromatic nitrogens is 4. The van der Waals surface area contributed by atoms with E-state index in [2.05, 4.69) is 115 Å². The van der Waals surface area contributed by atoms with Crippen LogP contribution in [0.25, 0.3) is 111 Å². The molecule has 57 heavy (non-hydrogen) atoms. The molecule has 0 aliphatic carbocycles. The second-order valence-electron chi connectivity index (χ2n) is 14.2. The van der Waals surface area contributed by atoms with Crippen molar-refractivity contribution in [3.8, 4) is 67.7 Å². The summed E-state index contributed by atoms with van der Waals surface area (Å²) < 4.78 is 6.39. The molecule has 0 atom stereocenters. The fourth-order valence-electron chi connectivity index (χ4n) is 8.00. The Morgan fingerprint density at radius 2 is 0.825 bits per heavy atom. The zero-order chi connectivity index (χ0) is 37.7. The topological polar surface area (TPSA) is 64.7 Å². The van der Waals surface area contributed by atoms with Gasteiger partial charge in [0.2, 0.25) is 0 Å². The quantitative estimate of drug-likeness (QED) is 0.160. The molecule has 11 rings (SSSR count). The van der Waals surface area contributed by atoms with Gasteiger partial charge in [-0.1, -0.05) is 170 Å². The lowest BCUT2D eigenvalue weighted by atomic mass is 9.92. The fourth-order valence-corrected chi connectivity index (χ4v) is 8.00. The summed E-state index contributed by atoms with van der Waals surface area (Å²) in [4.78, 5) is 20.2. The van der Waals surface area contributed by atoms with E-state index in [4.69, 9.17) is 24.4 Å². The molecule has 5 heteroatoms. The maximum atomic E-state index is 6.39. The van der Waals surface area contributed by atoms with Crippen LogP contribution in [0.3, 0.4) is 0 Å². The SMILES string of the molecule is c1ccc(-c2nc(-c3ccccc3)nc(-c3ccc(-c4cccc(-c5cccc6c5nc(-c5ccccc5)c5ccc7oc8ccccc8c7c56)c4)cc3)n2)cc1. The summed E-state index contributed by atoms with van der Waals surface area (Å²) in [6, 6.07) is 66.9. The van der Waals surface area contributed by atoms with E-state index < -0.39 is 0 Å². The van der Waals surface area contributed by atoms with Crippen molar-refractivity contribution >= 4 is 43.6 Å². The molecule has 0 amide bonds. The molecule has 0 radical (unpaired) electrons. The van der Waals surface area contributed by atoms with Crippen molar-refractivity contribution in [1.82, 2.24) is 19.9 Å². The van der Waals surface area contributed by atoms with E-state index in [0.717, 1.165) is 93.8 Å². The van der Waals surface area contributed by atoms with Crippen LogP contribution in [0.4, 0.5) is 0 Å². The lowest BCUT2D eigenvalue weighted by Gasteiger charge is -2.15. The average Bonchev–Trinajstić information content (AvgIpc) is 3.68. The van der Waals surface area contributed by atoms with Crippen LogP contribution >= 0.6 is 0 Å². The zero-order valence-electron chi connectivity index (χ0n) is 30.7. The zero-order valence-corrected chi connectivity index (χ0v) is 30.7. The van der Waals surface area contributed by atoms with Crippen LogP contribution in [0.5, 0.6) is 0 Å². The predicted molar refractivity (Wildman–Crippen MR) is 233 cm³/mol. The van der Waals surface area contributed by atoms with Gasteiger partial charge in [0, 0.05) is 54.7 Å². The van der Waals surface area contributed by atoms with Gasteiger partial charge in [0.1, 0.15) is 11.2 Å². The van der Waals surface area contributed by atoms with Gasteiger partial charge in [-0.2, -0.15) is 0 Å². The Bertz CT molecular complexity index is 3210. The van der Waals surface area contributed by atoms with Crippen molar-refractivity contribution in [3.63, 3.8) is 0 Å². The van der Waals surface area contributed by atoms with Gasteiger partial charge in [0.05, 0.1) is 11.2 Å². The first-order chi connectivity index (χ1) is 28.2. The molecule has 8 aromatic carbocycles. The summed E-state index contributed by atoms with van der Waals surface area (Å²) in [5.74, 6) is 1.92. The molecule has 0 fully saturated rings. The molecular formula is C52H32N4O. The van der Waals surface area contributed by atoms with Crippen LogP contribution in [-0.2, 0) is 0 Å². The number of hydrogen-bond donors (Lipinski definition) is 0. The van der Waals surface area contributed by atoms with Crippen LogP contribution in [0, 0.1) is 0 Å². The molecule has 3 aromatic heterocycles. The molecule has 11 aromatic rings. The van der Waals surface area contributed by atoms with Gasteiger partial charge in [-0.15, -0.1) is 0 Å². The molecule has 0 bridgehead atoms. The normalized spacial score (nSPS) is 11.5. The van der Waals surface area contributed by atoms with Crippen LogP contribution in [0.2, 0.25) is 0 Å². The number of pyridine rings is 1. The Balaban J connectivity index is 1.04. The van der Waals surface area contributed by atoms with Crippen LogP contribution in [0.1, 0.15) is 0 Å². The third kappa shape index (κ3) is 5.72. The molecule has 0 spiro atoms. The van der Waals surface area contributed by atoms with E-state index in [1.165, 1.54) is 0 Å². The monoisotopic (exact) mass is 728 g/mol. The molecule has 0 saturated heterocycles. The molecule has 3 heterocycles. The summed E-state index contributed by atoms with van der Waals surface area (Å²) in [5, 5.41) is 5.56. The van der Waals surface area contributed by atoms with E-state index in [-0.39, 0.29) is 0 Å². The summed E-state index contributed by atoms with van der Waals surface area (Å²) in [6.45, 7) is 0. The summed E-state index contributed by atoms with van der Waals surface area (Å²) in [5.41, 5.74) is 11.9.